The lowest BCUT2D eigenvalue weighted by Crippen LogP contribution is -2.38. The second kappa shape index (κ2) is 6.52. The summed E-state index contributed by atoms with van der Waals surface area (Å²) in [6.45, 7) is 1.68. The van der Waals surface area contributed by atoms with E-state index in [1.165, 1.54) is 5.56 Å². The van der Waals surface area contributed by atoms with Crippen molar-refractivity contribution in [3.63, 3.8) is 0 Å². The normalized spacial score (nSPS) is 13.6. The van der Waals surface area contributed by atoms with Gasteiger partial charge in [0.25, 0.3) is 0 Å². The highest BCUT2D eigenvalue weighted by atomic mass is 16.4. The number of nitrogens with zero attached hydrogens (tertiary/aromatic N) is 2. The average molecular weight is 276 g/mol. The van der Waals surface area contributed by atoms with Crippen molar-refractivity contribution in [2.75, 3.05) is 31.6 Å². The van der Waals surface area contributed by atoms with Crippen molar-refractivity contribution in [2.45, 2.75) is 19.3 Å². The number of carboxylic acid groups (broad SMARTS) is 1. The molecule has 108 valence electrons. The van der Waals surface area contributed by atoms with Crippen molar-refractivity contribution >= 4 is 17.6 Å². The molecule has 0 bridgehead atoms. The Morgan fingerprint density at radius 3 is 2.85 bits per heavy atom. The van der Waals surface area contributed by atoms with Crippen LogP contribution in [-0.4, -0.2) is 48.6 Å². The van der Waals surface area contributed by atoms with E-state index in [-0.39, 0.29) is 12.3 Å². The second-order valence-corrected chi connectivity index (χ2v) is 5.16. The van der Waals surface area contributed by atoms with E-state index in [1.54, 1.807) is 0 Å². The van der Waals surface area contributed by atoms with Crippen LogP contribution in [0.3, 0.4) is 0 Å². The number of anilines is 1. The number of amides is 1. The number of para-hydroxylation sites is 1. The minimum atomic E-state index is -0.793. The molecule has 2 rings (SSSR count). The molecule has 1 aliphatic heterocycles. The summed E-state index contributed by atoms with van der Waals surface area (Å²) in [4.78, 5) is 26.4. The van der Waals surface area contributed by atoms with Crippen LogP contribution < -0.4 is 4.90 Å². The van der Waals surface area contributed by atoms with E-state index in [9.17, 15) is 9.59 Å². The molecule has 5 heteroatoms. The third kappa shape index (κ3) is 3.57. The van der Waals surface area contributed by atoms with Crippen LogP contribution in [0.25, 0.3) is 0 Å². The first-order valence-corrected chi connectivity index (χ1v) is 6.86. The lowest BCUT2D eigenvalue weighted by atomic mass is 10.2. The topological polar surface area (TPSA) is 60.9 Å². The van der Waals surface area contributed by atoms with Crippen LogP contribution in [0.2, 0.25) is 0 Å². The summed E-state index contributed by atoms with van der Waals surface area (Å²) in [5, 5.41) is 8.60. The molecule has 0 fully saturated rings. The molecule has 0 unspecified atom stereocenters. The maximum Gasteiger partial charge on any atom is 0.303 e. The highest BCUT2D eigenvalue weighted by molar-refractivity contribution is 5.96. The van der Waals surface area contributed by atoms with Gasteiger partial charge in [-0.05, 0) is 38.1 Å². The minimum Gasteiger partial charge on any atom is -0.481 e. The van der Waals surface area contributed by atoms with E-state index in [0.717, 1.165) is 18.7 Å². The van der Waals surface area contributed by atoms with E-state index in [1.807, 2.05) is 35.0 Å². The summed E-state index contributed by atoms with van der Waals surface area (Å²) in [7, 11) is 1.85. The predicted octanol–water partition coefficient (Wildman–Crippen LogP) is 1.37. The SMILES string of the molecule is CN(CCCC(=O)O)CC(=O)N1CCc2ccccc21. The molecular formula is C15H20N2O3. The number of fused-ring (bicyclic) bond motifs is 1. The smallest absolute Gasteiger partial charge is 0.303 e. The fraction of sp³-hybridized carbons (Fsp3) is 0.467. The summed E-state index contributed by atoms with van der Waals surface area (Å²) < 4.78 is 0. The van der Waals surface area contributed by atoms with Gasteiger partial charge in [-0.15, -0.1) is 0 Å². The van der Waals surface area contributed by atoms with Gasteiger partial charge < -0.3 is 10.0 Å². The fourth-order valence-electron chi connectivity index (χ4n) is 2.49. The van der Waals surface area contributed by atoms with Gasteiger partial charge in [-0.3, -0.25) is 14.5 Å². The Bertz CT molecular complexity index is 502. The Hall–Kier alpha value is -1.88. The van der Waals surface area contributed by atoms with Crippen LogP contribution in [0.15, 0.2) is 24.3 Å². The summed E-state index contributed by atoms with van der Waals surface area (Å²) in [5.41, 5.74) is 2.23. The highest BCUT2D eigenvalue weighted by Crippen LogP contribution is 2.27. The van der Waals surface area contributed by atoms with E-state index in [2.05, 4.69) is 6.07 Å². The maximum absolute atomic E-state index is 12.3. The van der Waals surface area contributed by atoms with Gasteiger partial charge in [0.2, 0.25) is 5.91 Å². The molecule has 1 aromatic carbocycles. The van der Waals surface area contributed by atoms with Gasteiger partial charge >= 0.3 is 5.97 Å². The van der Waals surface area contributed by atoms with Gasteiger partial charge in [0.1, 0.15) is 0 Å². The van der Waals surface area contributed by atoms with Crippen molar-refractivity contribution in [1.29, 1.82) is 0 Å². The summed E-state index contributed by atoms with van der Waals surface area (Å²) >= 11 is 0. The van der Waals surface area contributed by atoms with Crippen molar-refractivity contribution in [1.82, 2.24) is 4.90 Å². The number of likely N-dealkylation sites (N-methyl/N-ethyl adjacent to an activating group) is 1. The average Bonchev–Trinajstić information content (AvgIpc) is 2.82. The van der Waals surface area contributed by atoms with Crippen LogP contribution in [0.1, 0.15) is 18.4 Å². The number of hydrogen-bond acceptors (Lipinski definition) is 3. The molecule has 0 aliphatic carbocycles. The first-order valence-electron chi connectivity index (χ1n) is 6.86. The summed E-state index contributed by atoms with van der Waals surface area (Å²) in [6.07, 6.45) is 1.62. The molecule has 0 atom stereocenters. The molecule has 1 aliphatic rings. The van der Waals surface area contributed by atoms with Gasteiger partial charge in [-0.2, -0.15) is 0 Å². The lowest BCUT2D eigenvalue weighted by molar-refractivity contribution is -0.137. The number of carboxylic acids is 1. The number of aliphatic carboxylic acids is 1. The molecule has 0 radical (unpaired) electrons. The molecular weight excluding hydrogens is 256 g/mol. The Labute approximate surface area is 118 Å². The van der Waals surface area contributed by atoms with Crippen LogP contribution >= 0.6 is 0 Å². The lowest BCUT2D eigenvalue weighted by Gasteiger charge is -2.21. The van der Waals surface area contributed by atoms with Gasteiger partial charge in [-0.1, -0.05) is 18.2 Å². The molecule has 0 aromatic heterocycles. The van der Waals surface area contributed by atoms with E-state index >= 15 is 0 Å². The molecule has 1 aromatic rings. The van der Waals surface area contributed by atoms with Crippen LogP contribution in [0.5, 0.6) is 0 Å². The zero-order valence-electron chi connectivity index (χ0n) is 11.7. The third-order valence-corrected chi connectivity index (χ3v) is 3.52. The maximum atomic E-state index is 12.3. The highest BCUT2D eigenvalue weighted by Gasteiger charge is 2.24. The van der Waals surface area contributed by atoms with Crippen LogP contribution in [-0.2, 0) is 16.0 Å². The van der Waals surface area contributed by atoms with E-state index in [0.29, 0.717) is 19.5 Å². The molecule has 1 heterocycles. The quantitative estimate of drug-likeness (QED) is 0.852. The number of carbonyl (C=O) groups is 2. The number of carbonyl (C=O) groups excluding carboxylic acids is 1. The van der Waals surface area contributed by atoms with Crippen molar-refractivity contribution in [3.8, 4) is 0 Å². The van der Waals surface area contributed by atoms with Gasteiger partial charge in [0.15, 0.2) is 0 Å². The molecule has 1 N–H and O–H groups in total. The Morgan fingerprint density at radius 2 is 2.10 bits per heavy atom. The Balaban J connectivity index is 1.85. The van der Waals surface area contributed by atoms with Gasteiger partial charge in [-0.25, -0.2) is 0 Å². The Kier molecular flexibility index (Phi) is 4.74. The molecule has 0 saturated heterocycles. The number of hydrogen-bond donors (Lipinski definition) is 1. The first kappa shape index (κ1) is 14.5. The van der Waals surface area contributed by atoms with E-state index in [4.69, 9.17) is 5.11 Å². The van der Waals surface area contributed by atoms with Crippen molar-refractivity contribution in [2.24, 2.45) is 0 Å². The molecule has 1 amide bonds. The zero-order chi connectivity index (χ0) is 14.5. The van der Waals surface area contributed by atoms with E-state index < -0.39 is 5.97 Å². The zero-order valence-corrected chi connectivity index (χ0v) is 11.7. The van der Waals surface area contributed by atoms with Crippen LogP contribution in [0, 0.1) is 0 Å². The summed E-state index contributed by atoms with van der Waals surface area (Å²) in [6, 6.07) is 7.97. The van der Waals surface area contributed by atoms with Crippen molar-refractivity contribution < 1.29 is 14.7 Å². The minimum absolute atomic E-state index is 0.0766. The first-order chi connectivity index (χ1) is 9.58. The third-order valence-electron chi connectivity index (χ3n) is 3.52. The molecule has 20 heavy (non-hydrogen) atoms. The van der Waals surface area contributed by atoms with Gasteiger partial charge in [0.05, 0.1) is 6.54 Å². The monoisotopic (exact) mass is 276 g/mol. The predicted molar refractivity (Wildman–Crippen MR) is 76.9 cm³/mol. The molecule has 0 spiro atoms. The fourth-order valence-corrected chi connectivity index (χ4v) is 2.49. The molecule has 5 nitrogen and oxygen atoms in total. The molecule has 0 saturated carbocycles. The van der Waals surface area contributed by atoms with Crippen LogP contribution in [0.4, 0.5) is 5.69 Å². The number of rotatable bonds is 6. The second-order valence-electron chi connectivity index (χ2n) is 5.16. The largest absolute Gasteiger partial charge is 0.481 e. The standard InChI is InChI=1S/C15H20N2O3/c1-16(9-4-7-15(19)20)11-14(18)17-10-8-12-5-2-3-6-13(12)17/h2-3,5-6H,4,7-11H2,1H3,(H,19,20). The van der Waals surface area contributed by atoms with Crippen molar-refractivity contribution in [3.05, 3.63) is 29.8 Å². The number of benzene rings is 1. The Morgan fingerprint density at radius 1 is 1.35 bits per heavy atom. The van der Waals surface area contributed by atoms with Gasteiger partial charge in [0, 0.05) is 18.7 Å². The summed E-state index contributed by atoms with van der Waals surface area (Å²) in [5.74, 6) is -0.717.